The lowest BCUT2D eigenvalue weighted by Gasteiger charge is -2.03. The average molecular weight is 409 g/mol. The molecule has 0 amide bonds. The van der Waals surface area contributed by atoms with Crippen molar-refractivity contribution < 1.29 is 9.63 Å². The van der Waals surface area contributed by atoms with E-state index >= 15 is 0 Å². The number of aliphatic hydroxyl groups excluding tert-OH is 1. The van der Waals surface area contributed by atoms with Crippen LogP contribution < -0.4 is 0 Å². The van der Waals surface area contributed by atoms with Crippen molar-refractivity contribution in [1.29, 1.82) is 0 Å². The molecule has 21 heavy (non-hydrogen) atoms. The van der Waals surface area contributed by atoms with E-state index in [1.807, 2.05) is 48.5 Å². The van der Waals surface area contributed by atoms with Crippen LogP contribution in [0.1, 0.15) is 5.56 Å². The monoisotopic (exact) mass is 407 g/mol. The van der Waals surface area contributed by atoms with Crippen molar-refractivity contribution in [2.45, 2.75) is 6.61 Å². The molecule has 3 aromatic rings. The lowest BCUT2D eigenvalue weighted by Crippen LogP contribution is -1.89. The maximum absolute atomic E-state index is 9.74. The van der Waals surface area contributed by atoms with Gasteiger partial charge in [0.15, 0.2) is 5.76 Å². The summed E-state index contributed by atoms with van der Waals surface area (Å²) >= 11 is 6.94. The molecular weight excluding hydrogens is 398 g/mol. The molecule has 0 spiro atoms. The first-order chi connectivity index (χ1) is 10.2. The standard InChI is InChI=1S/C16H11Br2NO2/c17-11-5-3-4-10(8-11)15-13(9-20)16(21-19-15)12-6-1-2-7-14(12)18/h1-8,20H,9H2. The molecule has 0 aliphatic heterocycles. The van der Waals surface area contributed by atoms with Crippen LogP contribution in [-0.4, -0.2) is 10.3 Å². The number of hydrogen-bond acceptors (Lipinski definition) is 3. The van der Waals surface area contributed by atoms with Gasteiger partial charge in [-0.1, -0.05) is 61.3 Å². The quantitative estimate of drug-likeness (QED) is 0.661. The minimum Gasteiger partial charge on any atom is -0.391 e. The molecule has 1 heterocycles. The van der Waals surface area contributed by atoms with Gasteiger partial charge in [0, 0.05) is 20.1 Å². The molecule has 0 saturated heterocycles. The molecule has 106 valence electrons. The highest BCUT2D eigenvalue weighted by Gasteiger charge is 2.19. The number of aromatic nitrogens is 1. The van der Waals surface area contributed by atoms with Crippen molar-refractivity contribution in [3.05, 3.63) is 63.0 Å². The van der Waals surface area contributed by atoms with Gasteiger partial charge < -0.3 is 9.63 Å². The van der Waals surface area contributed by atoms with E-state index in [4.69, 9.17) is 4.52 Å². The van der Waals surface area contributed by atoms with Crippen LogP contribution in [0.25, 0.3) is 22.6 Å². The Balaban J connectivity index is 2.16. The zero-order valence-corrected chi connectivity index (χ0v) is 14.1. The predicted molar refractivity (Wildman–Crippen MR) is 88.7 cm³/mol. The predicted octanol–water partition coefficient (Wildman–Crippen LogP) is 5.03. The second-order valence-corrected chi connectivity index (χ2v) is 6.26. The van der Waals surface area contributed by atoms with Gasteiger partial charge in [-0.2, -0.15) is 0 Å². The summed E-state index contributed by atoms with van der Waals surface area (Å²) in [5.41, 5.74) is 3.11. The smallest absolute Gasteiger partial charge is 0.174 e. The molecule has 3 rings (SSSR count). The largest absolute Gasteiger partial charge is 0.391 e. The fourth-order valence-electron chi connectivity index (χ4n) is 2.18. The summed E-state index contributed by atoms with van der Waals surface area (Å²) in [6.07, 6.45) is 0. The van der Waals surface area contributed by atoms with Gasteiger partial charge >= 0.3 is 0 Å². The molecule has 0 unspecified atom stereocenters. The Bertz CT molecular complexity index is 783. The van der Waals surface area contributed by atoms with Gasteiger partial charge in [-0.15, -0.1) is 0 Å². The first kappa shape index (κ1) is 14.5. The van der Waals surface area contributed by atoms with Crippen molar-refractivity contribution in [2.24, 2.45) is 0 Å². The highest BCUT2D eigenvalue weighted by molar-refractivity contribution is 9.10. The van der Waals surface area contributed by atoms with E-state index < -0.39 is 0 Å². The molecule has 0 radical (unpaired) electrons. The Labute approximate surface area is 138 Å². The maximum atomic E-state index is 9.74. The summed E-state index contributed by atoms with van der Waals surface area (Å²) in [6.45, 7) is -0.137. The molecule has 0 atom stereocenters. The van der Waals surface area contributed by atoms with E-state index in [-0.39, 0.29) is 6.61 Å². The van der Waals surface area contributed by atoms with Crippen LogP contribution in [0.4, 0.5) is 0 Å². The molecule has 2 aromatic carbocycles. The van der Waals surface area contributed by atoms with Crippen LogP contribution in [0.3, 0.4) is 0 Å². The minimum absolute atomic E-state index is 0.137. The summed E-state index contributed by atoms with van der Waals surface area (Å²) in [4.78, 5) is 0. The average Bonchev–Trinajstić information content (AvgIpc) is 2.91. The second-order valence-electron chi connectivity index (χ2n) is 4.49. The fourth-order valence-corrected chi connectivity index (χ4v) is 3.04. The number of benzene rings is 2. The van der Waals surface area contributed by atoms with Crippen molar-refractivity contribution >= 4 is 31.9 Å². The van der Waals surface area contributed by atoms with E-state index in [2.05, 4.69) is 37.0 Å². The van der Waals surface area contributed by atoms with Gasteiger partial charge in [-0.3, -0.25) is 0 Å². The molecule has 0 bridgehead atoms. The summed E-state index contributed by atoms with van der Waals surface area (Å²) in [5.74, 6) is 0.583. The summed E-state index contributed by atoms with van der Waals surface area (Å²) in [7, 11) is 0. The topological polar surface area (TPSA) is 46.3 Å². The van der Waals surface area contributed by atoms with Crippen molar-refractivity contribution in [1.82, 2.24) is 5.16 Å². The molecule has 0 fully saturated rings. The zero-order valence-electron chi connectivity index (χ0n) is 10.9. The Morgan fingerprint density at radius 2 is 1.86 bits per heavy atom. The highest BCUT2D eigenvalue weighted by atomic mass is 79.9. The first-order valence-electron chi connectivity index (χ1n) is 6.31. The summed E-state index contributed by atoms with van der Waals surface area (Å²) in [5, 5.41) is 13.9. The van der Waals surface area contributed by atoms with Crippen LogP contribution in [0.15, 0.2) is 62.0 Å². The Morgan fingerprint density at radius 1 is 1.05 bits per heavy atom. The normalized spacial score (nSPS) is 10.8. The zero-order chi connectivity index (χ0) is 14.8. The van der Waals surface area contributed by atoms with E-state index in [1.54, 1.807) is 0 Å². The van der Waals surface area contributed by atoms with Gasteiger partial charge in [0.25, 0.3) is 0 Å². The van der Waals surface area contributed by atoms with Gasteiger partial charge in [-0.05, 0) is 24.3 Å². The number of nitrogens with zero attached hydrogens (tertiary/aromatic N) is 1. The Morgan fingerprint density at radius 3 is 2.57 bits per heavy atom. The summed E-state index contributed by atoms with van der Waals surface area (Å²) in [6, 6.07) is 15.4. The third kappa shape index (κ3) is 2.81. The van der Waals surface area contributed by atoms with Crippen molar-refractivity contribution in [3.8, 4) is 22.6 Å². The molecule has 1 aromatic heterocycles. The van der Waals surface area contributed by atoms with Crippen LogP contribution in [-0.2, 0) is 6.61 Å². The van der Waals surface area contributed by atoms with E-state index in [0.29, 0.717) is 17.0 Å². The van der Waals surface area contributed by atoms with E-state index in [0.717, 1.165) is 20.1 Å². The lowest BCUT2D eigenvalue weighted by atomic mass is 10.0. The molecule has 0 aliphatic carbocycles. The van der Waals surface area contributed by atoms with Crippen LogP contribution in [0, 0.1) is 0 Å². The molecular formula is C16H11Br2NO2. The highest BCUT2D eigenvalue weighted by Crippen LogP contribution is 2.36. The Hall–Kier alpha value is -1.43. The molecule has 0 saturated carbocycles. The van der Waals surface area contributed by atoms with Gasteiger partial charge in [0.2, 0.25) is 0 Å². The maximum Gasteiger partial charge on any atom is 0.174 e. The number of rotatable bonds is 3. The van der Waals surface area contributed by atoms with Crippen LogP contribution in [0.5, 0.6) is 0 Å². The molecule has 3 nitrogen and oxygen atoms in total. The van der Waals surface area contributed by atoms with Gasteiger partial charge in [0.1, 0.15) is 5.69 Å². The summed E-state index contributed by atoms with van der Waals surface area (Å²) < 4.78 is 7.35. The third-order valence-corrected chi connectivity index (χ3v) is 4.35. The molecule has 5 heteroatoms. The molecule has 1 N–H and O–H groups in total. The van der Waals surface area contributed by atoms with Crippen molar-refractivity contribution in [3.63, 3.8) is 0 Å². The SMILES string of the molecule is OCc1c(-c2cccc(Br)c2)noc1-c1ccccc1Br. The fraction of sp³-hybridized carbons (Fsp3) is 0.0625. The first-order valence-corrected chi connectivity index (χ1v) is 7.89. The van der Waals surface area contributed by atoms with Crippen molar-refractivity contribution in [2.75, 3.05) is 0 Å². The number of aliphatic hydroxyl groups is 1. The number of hydrogen-bond donors (Lipinski definition) is 1. The number of halogens is 2. The van der Waals surface area contributed by atoms with Crippen LogP contribution in [0.2, 0.25) is 0 Å². The lowest BCUT2D eigenvalue weighted by molar-refractivity contribution is 0.281. The Kier molecular flexibility index (Phi) is 4.24. The third-order valence-electron chi connectivity index (χ3n) is 3.16. The minimum atomic E-state index is -0.137. The van der Waals surface area contributed by atoms with Gasteiger partial charge in [-0.25, -0.2) is 0 Å². The van der Waals surface area contributed by atoms with Crippen LogP contribution >= 0.6 is 31.9 Å². The molecule has 0 aliphatic rings. The van der Waals surface area contributed by atoms with Gasteiger partial charge in [0.05, 0.1) is 12.2 Å². The van der Waals surface area contributed by atoms with E-state index in [1.165, 1.54) is 0 Å². The second kappa shape index (κ2) is 6.13. The van der Waals surface area contributed by atoms with E-state index in [9.17, 15) is 5.11 Å².